The van der Waals surface area contributed by atoms with Crippen LogP contribution in [-0.2, 0) is 4.79 Å². The Kier molecular flexibility index (Phi) is 4.58. The summed E-state index contributed by atoms with van der Waals surface area (Å²) in [4.78, 5) is 36.2. The summed E-state index contributed by atoms with van der Waals surface area (Å²) in [6.45, 7) is 0.312. The highest BCUT2D eigenvalue weighted by Gasteiger charge is 2.54. The molecule has 1 saturated carbocycles. The molecule has 2 fully saturated rings. The normalized spacial score (nSPS) is 23.5. The molecule has 0 aromatic heterocycles. The van der Waals surface area contributed by atoms with Crippen LogP contribution < -0.4 is 16.0 Å². The van der Waals surface area contributed by atoms with Crippen LogP contribution in [-0.4, -0.2) is 29.9 Å². The van der Waals surface area contributed by atoms with E-state index in [0.717, 1.165) is 24.0 Å². The fourth-order valence-electron chi connectivity index (χ4n) is 4.10. The summed E-state index contributed by atoms with van der Waals surface area (Å²) in [5, 5.41) is 7.92. The SMILES string of the molecule is O=C1NC(=O)C2(CCCC2CNC(=O)c2ccc(-c3ccc(F)cc3)cc2)N1. The van der Waals surface area contributed by atoms with Gasteiger partial charge in [-0.1, -0.05) is 30.7 Å². The summed E-state index contributed by atoms with van der Waals surface area (Å²) in [7, 11) is 0. The number of amides is 4. The Bertz CT molecular complexity index is 927. The van der Waals surface area contributed by atoms with Gasteiger partial charge in [-0.05, 0) is 48.2 Å². The van der Waals surface area contributed by atoms with E-state index in [2.05, 4.69) is 16.0 Å². The van der Waals surface area contributed by atoms with E-state index in [1.54, 1.807) is 24.3 Å². The molecule has 6 nitrogen and oxygen atoms in total. The molecule has 1 aliphatic heterocycles. The molecule has 1 heterocycles. The molecular formula is C21H20FN3O3. The summed E-state index contributed by atoms with van der Waals surface area (Å²) in [5.74, 6) is -0.978. The quantitative estimate of drug-likeness (QED) is 0.712. The Labute approximate surface area is 161 Å². The molecular weight excluding hydrogens is 361 g/mol. The molecule has 3 N–H and O–H groups in total. The van der Waals surface area contributed by atoms with Gasteiger partial charge >= 0.3 is 6.03 Å². The number of halogens is 1. The maximum Gasteiger partial charge on any atom is 0.322 e. The fraction of sp³-hybridized carbons (Fsp3) is 0.286. The van der Waals surface area contributed by atoms with E-state index in [0.29, 0.717) is 18.5 Å². The standard InChI is InChI=1S/C21H20FN3O3/c22-17-9-7-14(8-10-17)13-3-5-15(6-4-13)18(26)23-12-16-2-1-11-21(16)19(27)24-20(28)25-21/h3-10,16H,1-2,11-12H2,(H,23,26)(H2,24,25,27,28). The smallest absolute Gasteiger partial charge is 0.322 e. The van der Waals surface area contributed by atoms with Gasteiger partial charge in [0.05, 0.1) is 0 Å². The van der Waals surface area contributed by atoms with Crippen molar-refractivity contribution in [2.24, 2.45) is 5.92 Å². The van der Waals surface area contributed by atoms with Crippen LogP contribution in [0, 0.1) is 11.7 Å². The van der Waals surface area contributed by atoms with Crippen molar-refractivity contribution in [2.45, 2.75) is 24.8 Å². The Balaban J connectivity index is 1.41. The third-order valence-corrected chi connectivity index (χ3v) is 5.62. The van der Waals surface area contributed by atoms with E-state index in [1.165, 1.54) is 12.1 Å². The minimum Gasteiger partial charge on any atom is -0.352 e. The zero-order valence-electron chi connectivity index (χ0n) is 15.1. The summed E-state index contributed by atoms with van der Waals surface area (Å²) in [6, 6.07) is 12.7. The van der Waals surface area contributed by atoms with Crippen LogP contribution in [0.15, 0.2) is 48.5 Å². The van der Waals surface area contributed by atoms with Crippen molar-refractivity contribution in [3.63, 3.8) is 0 Å². The second-order valence-electron chi connectivity index (χ2n) is 7.26. The first-order valence-corrected chi connectivity index (χ1v) is 9.26. The first-order chi connectivity index (χ1) is 13.5. The van der Waals surface area contributed by atoms with Crippen molar-refractivity contribution in [1.29, 1.82) is 0 Å². The molecule has 0 bridgehead atoms. The Hall–Kier alpha value is -3.22. The topological polar surface area (TPSA) is 87.3 Å². The zero-order valence-corrected chi connectivity index (χ0v) is 15.1. The minimum atomic E-state index is -0.906. The number of rotatable bonds is 4. The van der Waals surface area contributed by atoms with Gasteiger partial charge < -0.3 is 10.6 Å². The number of hydrogen-bond donors (Lipinski definition) is 3. The van der Waals surface area contributed by atoms with E-state index in [-0.39, 0.29) is 23.5 Å². The molecule has 4 amide bonds. The van der Waals surface area contributed by atoms with Gasteiger partial charge in [0.15, 0.2) is 0 Å². The van der Waals surface area contributed by atoms with Gasteiger partial charge in [0.25, 0.3) is 11.8 Å². The highest BCUT2D eigenvalue weighted by atomic mass is 19.1. The van der Waals surface area contributed by atoms with Gasteiger partial charge in [0.2, 0.25) is 0 Å². The molecule has 28 heavy (non-hydrogen) atoms. The number of carbonyl (C=O) groups excluding carboxylic acids is 3. The molecule has 2 aliphatic rings. The molecule has 2 aromatic rings. The first kappa shape index (κ1) is 18.2. The predicted octanol–water partition coefficient (Wildman–Crippen LogP) is 2.60. The maximum absolute atomic E-state index is 13.0. The number of benzene rings is 2. The summed E-state index contributed by atoms with van der Waals surface area (Å²) in [5.41, 5.74) is 1.34. The average Bonchev–Trinajstić information content (AvgIpc) is 3.23. The molecule has 2 aromatic carbocycles. The Morgan fingerprint density at radius 1 is 1.07 bits per heavy atom. The monoisotopic (exact) mass is 381 g/mol. The summed E-state index contributed by atoms with van der Waals surface area (Å²) in [6.07, 6.45) is 2.16. The van der Waals surface area contributed by atoms with Gasteiger partial charge in [0, 0.05) is 18.0 Å². The predicted molar refractivity (Wildman–Crippen MR) is 101 cm³/mol. The third-order valence-electron chi connectivity index (χ3n) is 5.62. The molecule has 144 valence electrons. The largest absolute Gasteiger partial charge is 0.352 e. The molecule has 2 atom stereocenters. The zero-order chi connectivity index (χ0) is 19.7. The highest BCUT2D eigenvalue weighted by molar-refractivity contribution is 6.07. The number of urea groups is 1. The summed E-state index contributed by atoms with van der Waals surface area (Å²) < 4.78 is 13.0. The molecule has 4 rings (SSSR count). The van der Waals surface area contributed by atoms with Gasteiger partial charge in [0.1, 0.15) is 11.4 Å². The second kappa shape index (κ2) is 7.07. The van der Waals surface area contributed by atoms with Gasteiger partial charge in [-0.25, -0.2) is 9.18 Å². The number of imide groups is 1. The second-order valence-corrected chi connectivity index (χ2v) is 7.26. The van der Waals surface area contributed by atoms with E-state index in [9.17, 15) is 18.8 Å². The van der Waals surface area contributed by atoms with Crippen LogP contribution in [0.4, 0.5) is 9.18 Å². The van der Waals surface area contributed by atoms with Crippen molar-refractivity contribution in [2.75, 3.05) is 6.54 Å². The van der Waals surface area contributed by atoms with Crippen molar-refractivity contribution >= 4 is 17.8 Å². The molecule has 1 spiro atoms. The lowest BCUT2D eigenvalue weighted by molar-refractivity contribution is -0.125. The van der Waals surface area contributed by atoms with Crippen molar-refractivity contribution < 1.29 is 18.8 Å². The highest BCUT2D eigenvalue weighted by Crippen LogP contribution is 2.37. The van der Waals surface area contributed by atoms with Crippen LogP contribution >= 0.6 is 0 Å². The van der Waals surface area contributed by atoms with Crippen molar-refractivity contribution in [3.8, 4) is 11.1 Å². The molecule has 7 heteroatoms. The molecule has 2 unspecified atom stereocenters. The van der Waals surface area contributed by atoms with Crippen LogP contribution in [0.3, 0.4) is 0 Å². The molecule has 1 aliphatic carbocycles. The Morgan fingerprint density at radius 3 is 2.32 bits per heavy atom. The van der Waals surface area contributed by atoms with Crippen LogP contribution in [0.1, 0.15) is 29.6 Å². The maximum atomic E-state index is 13.0. The van der Waals surface area contributed by atoms with Gasteiger partial charge in [-0.3, -0.25) is 14.9 Å². The van der Waals surface area contributed by atoms with Gasteiger partial charge in [-0.15, -0.1) is 0 Å². The Morgan fingerprint density at radius 2 is 1.71 bits per heavy atom. The fourth-order valence-corrected chi connectivity index (χ4v) is 4.10. The number of hydrogen-bond acceptors (Lipinski definition) is 3. The average molecular weight is 381 g/mol. The van der Waals surface area contributed by atoms with Crippen LogP contribution in [0.5, 0.6) is 0 Å². The minimum absolute atomic E-state index is 0.138. The molecule has 1 saturated heterocycles. The van der Waals surface area contributed by atoms with Crippen LogP contribution in [0.25, 0.3) is 11.1 Å². The van der Waals surface area contributed by atoms with Crippen LogP contribution in [0.2, 0.25) is 0 Å². The molecule has 0 radical (unpaired) electrons. The van der Waals surface area contributed by atoms with Gasteiger partial charge in [-0.2, -0.15) is 0 Å². The lowest BCUT2D eigenvalue weighted by Crippen LogP contribution is -2.53. The first-order valence-electron chi connectivity index (χ1n) is 9.26. The van der Waals surface area contributed by atoms with E-state index < -0.39 is 11.6 Å². The lowest BCUT2D eigenvalue weighted by atomic mass is 9.87. The van der Waals surface area contributed by atoms with E-state index >= 15 is 0 Å². The number of nitrogens with one attached hydrogen (secondary N) is 3. The summed E-state index contributed by atoms with van der Waals surface area (Å²) >= 11 is 0. The van der Waals surface area contributed by atoms with E-state index in [4.69, 9.17) is 0 Å². The third kappa shape index (κ3) is 3.24. The van der Waals surface area contributed by atoms with E-state index in [1.807, 2.05) is 12.1 Å². The van der Waals surface area contributed by atoms with Crippen molar-refractivity contribution in [3.05, 3.63) is 59.9 Å². The lowest BCUT2D eigenvalue weighted by Gasteiger charge is -2.28. The van der Waals surface area contributed by atoms with Crippen molar-refractivity contribution in [1.82, 2.24) is 16.0 Å². The number of carbonyl (C=O) groups is 3.